The number of aromatic nitrogens is 1. The van der Waals surface area contributed by atoms with E-state index in [0.29, 0.717) is 12.0 Å². The first-order valence-electron chi connectivity index (χ1n) is 10.4. The predicted molar refractivity (Wildman–Crippen MR) is 110 cm³/mol. The van der Waals surface area contributed by atoms with Gasteiger partial charge in [0.2, 0.25) is 5.43 Å². The maximum absolute atomic E-state index is 13.9. The van der Waals surface area contributed by atoms with Crippen molar-refractivity contribution in [2.75, 3.05) is 19.1 Å². The van der Waals surface area contributed by atoms with Crippen LogP contribution in [0.25, 0.3) is 0 Å². The summed E-state index contributed by atoms with van der Waals surface area (Å²) in [4.78, 5) is 40.2. The fourth-order valence-electron chi connectivity index (χ4n) is 5.40. The number of nitrogens with one attached hydrogen (secondary N) is 1. The molecule has 2 aromatic rings. The van der Waals surface area contributed by atoms with Crippen LogP contribution in [0.5, 0.6) is 5.75 Å². The average molecular weight is 444 g/mol. The highest BCUT2D eigenvalue weighted by Crippen LogP contribution is 2.61. The molecule has 1 aliphatic heterocycles. The molecule has 0 radical (unpaired) electrons. The number of carbonyl (C=O) groups is 2. The normalized spacial score (nSPS) is 25.7. The minimum atomic E-state index is -0.991. The van der Waals surface area contributed by atoms with Crippen molar-refractivity contribution in [2.24, 2.45) is 11.8 Å². The lowest BCUT2D eigenvalue weighted by Crippen LogP contribution is -2.68. The van der Waals surface area contributed by atoms with Crippen LogP contribution in [0.2, 0.25) is 0 Å². The van der Waals surface area contributed by atoms with Gasteiger partial charge < -0.3 is 15.3 Å². The second-order valence-corrected chi connectivity index (χ2v) is 8.74. The van der Waals surface area contributed by atoms with Crippen LogP contribution in [-0.4, -0.2) is 46.3 Å². The third-order valence-corrected chi connectivity index (χ3v) is 7.23. The van der Waals surface area contributed by atoms with E-state index in [2.05, 4.69) is 5.32 Å². The van der Waals surface area contributed by atoms with E-state index in [-0.39, 0.29) is 29.3 Å². The standard InChI is InChI=1S/C22H22F2N4O4/c1-26-21(32)17-19(30)18(29)14(20(31)25-9-12-3-4-13(23)8-16(12)24)10-28(17)27(2)22(26)6-5-11-7-15(11)22/h3-4,8,10-11,15,30H,5-7,9H2,1-2H3,(H,25,31)/t11-,15+,22+/m1/s1. The molecule has 3 atom stereocenters. The van der Waals surface area contributed by atoms with E-state index in [1.807, 2.05) is 5.01 Å². The van der Waals surface area contributed by atoms with E-state index in [1.54, 1.807) is 19.0 Å². The molecule has 0 bridgehead atoms. The monoisotopic (exact) mass is 444 g/mol. The Labute approximate surface area is 182 Å². The molecule has 2 fully saturated rings. The van der Waals surface area contributed by atoms with Gasteiger partial charge in [-0.1, -0.05) is 6.07 Å². The van der Waals surface area contributed by atoms with Crippen LogP contribution in [0.15, 0.2) is 29.2 Å². The first-order valence-corrected chi connectivity index (χ1v) is 10.4. The molecule has 8 nitrogen and oxygen atoms in total. The first-order chi connectivity index (χ1) is 15.2. The van der Waals surface area contributed by atoms with Gasteiger partial charge in [-0.05, 0) is 31.2 Å². The number of pyridine rings is 1. The highest BCUT2D eigenvalue weighted by Gasteiger charge is 2.65. The van der Waals surface area contributed by atoms with Crippen LogP contribution < -0.4 is 15.8 Å². The summed E-state index contributed by atoms with van der Waals surface area (Å²) in [6.07, 6.45) is 3.97. The third kappa shape index (κ3) is 2.68. The molecule has 5 rings (SSSR count). The molecule has 2 aliphatic carbocycles. The maximum atomic E-state index is 13.9. The van der Waals surface area contributed by atoms with Crippen molar-refractivity contribution < 1.29 is 23.5 Å². The number of amides is 2. The smallest absolute Gasteiger partial charge is 0.278 e. The van der Waals surface area contributed by atoms with Crippen LogP contribution in [0.1, 0.15) is 45.7 Å². The summed E-state index contributed by atoms with van der Waals surface area (Å²) in [6, 6.07) is 2.96. The van der Waals surface area contributed by atoms with Crippen LogP contribution >= 0.6 is 0 Å². The van der Waals surface area contributed by atoms with Crippen LogP contribution in [-0.2, 0) is 6.54 Å². The number of hydrogen-bond acceptors (Lipinski definition) is 5. The molecule has 1 spiro atoms. The largest absolute Gasteiger partial charge is 0.502 e. The van der Waals surface area contributed by atoms with E-state index in [4.69, 9.17) is 0 Å². The van der Waals surface area contributed by atoms with E-state index < -0.39 is 40.3 Å². The van der Waals surface area contributed by atoms with Gasteiger partial charge in [0.05, 0.1) is 0 Å². The highest BCUT2D eigenvalue weighted by molar-refractivity contribution is 5.99. The van der Waals surface area contributed by atoms with Gasteiger partial charge in [-0.2, -0.15) is 0 Å². The fourth-order valence-corrected chi connectivity index (χ4v) is 5.40. The Morgan fingerprint density at radius 2 is 2.03 bits per heavy atom. The van der Waals surface area contributed by atoms with E-state index in [0.717, 1.165) is 25.3 Å². The van der Waals surface area contributed by atoms with Crippen molar-refractivity contribution in [3.63, 3.8) is 0 Å². The van der Waals surface area contributed by atoms with E-state index in [9.17, 15) is 28.3 Å². The van der Waals surface area contributed by atoms with Gasteiger partial charge in [0.25, 0.3) is 11.8 Å². The molecule has 2 N–H and O–H groups in total. The molecule has 10 heteroatoms. The quantitative estimate of drug-likeness (QED) is 0.749. The van der Waals surface area contributed by atoms with Crippen molar-refractivity contribution in [3.8, 4) is 5.75 Å². The SMILES string of the molecule is CN1C(=O)c2c(O)c(=O)c(C(=O)NCc3ccc(F)cc3F)cn2N(C)[C@]12CC[C@@H]1C[C@@H]12. The molecule has 2 amide bonds. The summed E-state index contributed by atoms with van der Waals surface area (Å²) in [7, 11) is 3.44. The zero-order valence-electron chi connectivity index (χ0n) is 17.6. The summed E-state index contributed by atoms with van der Waals surface area (Å²) in [5.41, 5.74) is -2.11. The number of fused-ring (bicyclic) bond motifs is 3. The Hall–Kier alpha value is -3.43. The zero-order valence-corrected chi connectivity index (χ0v) is 17.6. The fraction of sp³-hybridized carbons (Fsp3) is 0.409. The highest BCUT2D eigenvalue weighted by atomic mass is 19.1. The zero-order chi connectivity index (χ0) is 22.9. The van der Waals surface area contributed by atoms with Gasteiger partial charge in [-0.25, -0.2) is 8.78 Å². The van der Waals surface area contributed by atoms with Gasteiger partial charge in [0, 0.05) is 44.4 Å². The van der Waals surface area contributed by atoms with E-state index in [1.165, 1.54) is 16.9 Å². The number of carbonyl (C=O) groups excluding carboxylic acids is 2. The summed E-state index contributed by atoms with van der Waals surface area (Å²) >= 11 is 0. The van der Waals surface area contributed by atoms with Crippen molar-refractivity contribution in [1.82, 2.24) is 14.9 Å². The molecule has 2 saturated carbocycles. The number of rotatable bonds is 3. The maximum Gasteiger partial charge on any atom is 0.278 e. The van der Waals surface area contributed by atoms with E-state index >= 15 is 0 Å². The second-order valence-electron chi connectivity index (χ2n) is 8.74. The minimum Gasteiger partial charge on any atom is -0.502 e. The van der Waals surface area contributed by atoms with Gasteiger partial charge in [0.15, 0.2) is 11.4 Å². The molecule has 3 aliphatic rings. The summed E-state index contributed by atoms with van der Waals surface area (Å²) in [5.74, 6) is -2.88. The Morgan fingerprint density at radius 1 is 1.28 bits per heavy atom. The molecule has 0 saturated heterocycles. The van der Waals surface area contributed by atoms with Gasteiger partial charge in [-0.15, -0.1) is 0 Å². The topological polar surface area (TPSA) is 94.9 Å². The molecule has 32 heavy (non-hydrogen) atoms. The Kier molecular flexibility index (Phi) is 4.34. The average Bonchev–Trinajstić information content (AvgIpc) is 3.45. The van der Waals surface area contributed by atoms with Gasteiger partial charge >= 0.3 is 0 Å². The molecule has 1 aromatic carbocycles. The first kappa shape index (κ1) is 20.5. The number of halogens is 2. The lowest BCUT2D eigenvalue weighted by Gasteiger charge is -2.52. The number of nitrogens with zero attached hydrogens (tertiary/aromatic N) is 3. The molecule has 0 unspecified atom stereocenters. The van der Waals surface area contributed by atoms with Crippen molar-refractivity contribution in [3.05, 3.63) is 63.1 Å². The summed E-state index contributed by atoms with van der Waals surface area (Å²) in [5, 5.41) is 14.8. The van der Waals surface area contributed by atoms with Gasteiger partial charge in [0.1, 0.15) is 22.9 Å². The van der Waals surface area contributed by atoms with Crippen molar-refractivity contribution in [2.45, 2.75) is 31.5 Å². The Morgan fingerprint density at radius 3 is 2.66 bits per heavy atom. The molecule has 2 heterocycles. The van der Waals surface area contributed by atoms with Crippen molar-refractivity contribution >= 4 is 11.8 Å². The molecule has 168 valence electrons. The summed E-state index contributed by atoms with van der Waals surface area (Å²) < 4.78 is 28.3. The van der Waals surface area contributed by atoms with Crippen LogP contribution in [0, 0.1) is 23.5 Å². The third-order valence-electron chi connectivity index (χ3n) is 7.23. The Bertz CT molecular complexity index is 1230. The Balaban J connectivity index is 1.51. The predicted octanol–water partition coefficient (Wildman–Crippen LogP) is 1.54. The summed E-state index contributed by atoms with van der Waals surface area (Å²) in [6.45, 7) is -0.280. The van der Waals surface area contributed by atoms with Crippen LogP contribution in [0.4, 0.5) is 8.78 Å². The van der Waals surface area contributed by atoms with Crippen LogP contribution in [0.3, 0.4) is 0 Å². The lowest BCUT2D eigenvalue weighted by atomic mass is 9.98. The molecular formula is C22H22F2N4O4. The number of benzene rings is 1. The minimum absolute atomic E-state index is 0.0423. The van der Waals surface area contributed by atoms with Gasteiger partial charge in [-0.3, -0.25) is 24.1 Å². The lowest BCUT2D eigenvalue weighted by molar-refractivity contribution is 0.0328. The number of aromatic hydroxyl groups is 1. The second kappa shape index (κ2) is 6.78. The molecular weight excluding hydrogens is 422 g/mol. The van der Waals surface area contributed by atoms with Crippen molar-refractivity contribution in [1.29, 1.82) is 0 Å². The number of hydrogen-bond donors (Lipinski definition) is 2. The molecule has 1 aromatic heterocycles.